The number of hydrogen-bond acceptors (Lipinski definition) is 3. The Morgan fingerprint density at radius 2 is 2.28 bits per heavy atom. The van der Waals surface area contributed by atoms with Gasteiger partial charge in [0.15, 0.2) is 0 Å². The third kappa shape index (κ3) is 2.58. The number of pyridine rings is 1. The van der Waals surface area contributed by atoms with Gasteiger partial charge in [-0.3, -0.25) is 4.98 Å². The van der Waals surface area contributed by atoms with Gasteiger partial charge in [0, 0.05) is 38.2 Å². The standard InChI is InChI=1S/C14H16N4/c1-11-13(6-14(7-15)18(11)2)10-17-9-12-4-3-5-16-8-12/h3-6,8,17H,9-10H2,1-2H3. The van der Waals surface area contributed by atoms with Crippen molar-refractivity contribution in [3.8, 4) is 6.07 Å². The number of hydrogen-bond donors (Lipinski definition) is 1. The van der Waals surface area contributed by atoms with Gasteiger partial charge in [-0.2, -0.15) is 5.26 Å². The molecule has 2 aromatic heterocycles. The molecule has 2 rings (SSSR count). The van der Waals surface area contributed by atoms with Gasteiger partial charge in [-0.25, -0.2) is 0 Å². The zero-order valence-electron chi connectivity index (χ0n) is 10.6. The lowest BCUT2D eigenvalue weighted by molar-refractivity contribution is 0.685. The largest absolute Gasteiger partial charge is 0.340 e. The highest BCUT2D eigenvalue weighted by atomic mass is 15.0. The second-order valence-electron chi connectivity index (χ2n) is 4.28. The van der Waals surface area contributed by atoms with Crippen LogP contribution in [0.3, 0.4) is 0 Å². The van der Waals surface area contributed by atoms with E-state index in [-0.39, 0.29) is 0 Å². The van der Waals surface area contributed by atoms with Crippen molar-refractivity contribution in [3.63, 3.8) is 0 Å². The lowest BCUT2D eigenvalue weighted by Gasteiger charge is -2.05. The highest BCUT2D eigenvalue weighted by Gasteiger charge is 2.07. The number of nitrogens with zero attached hydrogens (tertiary/aromatic N) is 3. The number of nitrogens with one attached hydrogen (secondary N) is 1. The van der Waals surface area contributed by atoms with Crippen LogP contribution in [0, 0.1) is 18.3 Å². The highest BCUT2D eigenvalue weighted by molar-refractivity contribution is 5.34. The van der Waals surface area contributed by atoms with E-state index in [2.05, 4.69) is 16.4 Å². The smallest absolute Gasteiger partial charge is 0.120 e. The summed E-state index contributed by atoms with van der Waals surface area (Å²) < 4.78 is 1.92. The first-order valence-corrected chi connectivity index (χ1v) is 5.87. The second-order valence-corrected chi connectivity index (χ2v) is 4.28. The van der Waals surface area contributed by atoms with E-state index in [1.165, 1.54) is 0 Å². The third-order valence-corrected chi connectivity index (χ3v) is 3.12. The minimum absolute atomic E-state index is 0.700. The molecule has 0 aliphatic carbocycles. The van der Waals surface area contributed by atoms with Crippen LogP contribution < -0.4 is 5.32 Å². The Hall–Kier alpha value is -2.12. The fraction of sp³-hybridized carbons (Fsp3) is 0.286. The van der Waals surface area contributed by atoms with Crippen molar-refractivity contribution in [2.75, 3.05) is 0 Å². The zero-order chi connectivity index (χ0) is 13.0. The average molecular weight is 240 g/mol. The highest BCUT2D eigenvalue weighted by Crippen LogP contribution is 2.13. The number of aromatic nitrogens is 2. The molecular weight excluding hydrogens is 224 g/mol. The van der Waals surface area contributed by atoms with Crippen molar-refractivity contribution in [3.05, 3.63) is 53.1 Å². The summed E-state index contributed by atoms with van der Waals surface area (Å²) in [6.45, 7) is 3.57. The van der Waals surface area contributed by atoms with Gasteiger partial charge in [0.05, 0.1) is 0 Å². The summed E-state index contributed by atoms with van der Waals surface area (Å²) in [6.07, 6.45) is 3.62. The molecule has 0 aliphatic heterocycles. The van der Waals surface area contributed by atoms with Crippen LogP contribution in [0.1, 0.15) is 22.5 Å². The van der Waals surface area contributed by atoms with Crippen molar-refractivity contribution in [1.29, 1.82) is 5.26 Å². The molecule has 4 nitrogen and oxygen atoms in total. The predicted octanol–water partition coefficient (Wildman–Crippen LogP) is 1.89. The van der Waals surface area contributed by atoms with Crippen LogP contribution in [0.5, 0.6) is 0 Å². The summed E-state index contributed by atoms with van der Waals surface area (Å²) in [6, 6.07) is 8.10. The van der Waals surface area contributed by atoms with Crippen molar-refractivity contribution < 1.29 is 0 Å². The van der Waals surface area contributed by atoms with Crippen molar-refractivity contribution >= 4 is 0 Å². The second kappa shape index (κ2) is 5.48. The van der Waals surface area contributed by atoms with Crippen molar-refractivity contribution in [1.82, 2.24) is 14.9 Å². The lowest BCUT2D eigenvalue weighted by Crippen LogP contribution is -2.13. The summed E-state index contributed by atoms with van der Waals surface area (Å²) in [5, 5.41) is 12.3. The monoisotopic (exact) mass is 240 g/mol. The minimum Gasteiger partial charge on any atom is -0.340 e. The Morgan fingerprint density at radius 3 is 2.89 bits per heavy atom. The van der Waals surface area contributed by atoms with Crippen LogP contribution >= 0.6 is 0 Å². The first kappa shape index (κ1) is 12.3. The molecule has 0 aromatic carbocycles. The Bertz CT molecular complexity index is 563. The van der Waals surface area contributed by atoms with Gasteiger partial charge in [0.1, 0.15) is 11.8 Å². The van der Waals surface area contributed by atoms with E-state index < -0.39 is 0 Å². The van der Waals surface area contributed by atoms with E-state index in [4.69, 9.17) is 5.26 Å². The maximum atomic E-state index is 8.96. The summed E-state index contributed by atoms with van der Waals surface area (Å²) in [5.74, 6) is 0. The predicted molar refractivity (Wildman–Crippen MR) is 69.6 cm³/mol. The van der Waals surface area contributed by atoms with Gasteiger partial charge in [0.25, 0.3) is 0 Å². The molecule has 92 valence electrons. The summed E-state index contributed by atoms with van der Waals surface area (Å²) >= 11 is 0. The van der Waals surface area contributed by atoms with E-state index in [0.717, 1.165) is 29.9 Å². The van der Waals surface area contributed by atoms with E-state index in [1.807, 2.05) is 42.9 Å². The van der Waals surface area contributed by atoms with E-state index in [1.54, 1.807) is 6.20 Å². The maximum Gasteiger partial charge on any atom is 0.120 e. The number of rotatable bonds is 4. The Balaban J connectivity index is 1.97. The molecule has 0 aliphatic rings. The molecule has 0 radical (unpaired) electrons. The van der Waals surface area contributed by atoms with Gasteiger partial charge in [-0.05, 0) is 30.2 Å². The molecule has 0 fully saturated rings. The third-order valence-electron chi connectivity index (χ3n) is 3.12. The van der Waals surface area contributed by atoms with Crippen molar-refractivity contribution in [2.45, 2.75) is 20.0 Å². The van der Waals surface area contributed by atoms with Gasteiger partial charge >= 0.3 is 0 Å². The van der Waals surface area contributed by atoms with E-state index in [0.29, 0.717) is 5.69 Å². The van der Waals surface area contributed by atoms with Crippen LogP contribution in [0.25, 0.3) is 0 Å². The van der Waals surface area contributed by atoms with Gasteiger partial charge in [-0.15, -0.1) is 0 Å². The van der Waals surface area contributed by atoms with Gasteiger partial charge < -0.3 is 9.88 Å². The lowest BCUT2D eigenvalue weighted by atomic mass is 10.2. The topological polar surface area (TPSA) is 53.6 Å². The van der Waals surface area contributed by atoms with Crippen LogP contribution in [-0.2, 0) is 20.1 Å². The quantitative estimate of drug-likeness (QED) is 0.888. The molecule has 0 amide bonds. The molecular formula is C14H16N4. The van der Waals surface area contributed by atoms with Gasteiger partial charge in [-0.1, -0.05) is 6.07 Å². The van der Waals surface area contributed by atoms with Crippen LogP contribution in [0.4, 0.5) is 0 Å². The Labute approximate surface area is 107 Å². The zero-order valence-corrected chi connectivity index (χ0v) is 10.6. The maximum absolute atomic E-state index is 8.96. The molecule has 0 saturated carbocycles. The fourth-order valence-electron chi connectivity index (χ4n) is 1.89. The average Bonchev–Trinajstić information content (AvgIpc) is 2.68. The molecule has 18 heavy (non-hydrogen) atoms. The van der Waals surface area contributed by atoms with Crippen LogP contribution in [0.15, 0.2) is 30.6 Å². The minimum atomic E-state index is 0.700. The first-order valence-electron chi connectivity index (χ1n) is 5.87. The van der Waals surface area contributed by atoms with E-state index in [9.17, 15) is 0 Å². The number of nitriles is 1. The molecule has 0 atom stereocenters. The molecule has 2 aromatic rings. The molecule has 2 heterocycles. The van der Waals surface area contributed by atoms with Crippen LogP contribution in [-0.4, -0.2) is 9.55 Å². The summed E-state index contributed by atoms with van der Waals surface area (Å²) in [5.41, 5.74) is 4.15. The molecule has 4 heteroatoms. The molecule has 0 spiro atoms. The SMILES string of the molecule is Cc1c(CNCc2cccnc2)cc(C#N)n1C. The summed E-state index contributed by atoms with van der Waals surface area (Å²) in [4.78, 5) is 4.07. The van der Waals surface area contributed by atoms with Gasteiger partial charge in [0.2, 0.25) is 0 Å². The first-order chi connectivity index (χ1) is 8.72. The molecule has 1 N–H and O–H groups in total. The molecule has 0 saturated heterocycles. The Morgan fingerprint density at radius 1 is 1.44 bits per heavy atom. The van der Waals surface area contributed by atoms with Crippen molar-refractivity contribution in [2.24, 2.45) is 7.05 Å². The molecule has 0 bridgehead atoms. The normalized spacial score (nSPS) is 10.3. The summed E-state index contributed by atoms with van der Waals surface area (Å²) in [7, 11) is 1.92. The Kier molecular flexibility index (Phi) is 3.75. The van der Waals surface area contributed by atoms with E-state index >= 15 is 0 Å². The molecule has 0 unspecified atom stereocenters. The van der Waals surface area contributed by atoms with Crippen LogP contribution in [0.2, 0.25) is 0 Å². The fourth-order valence-corrected chi connectivity index (χ4v) is 1.89.